The molecular weight excluding hydrogens is 372 g/mol. The van der Waals surface area contributed by atoms with E-state index in [1.165, 1.54) is 32.7 Å². The van der Waals surface area contributed by atoms with Crippen molar-refractivity contribution in [3.63, 3.8) is 0 Å². The van der Waals surface area contributed by atoms with E-state index < -0.39 is 0 Å². The molecule has 0 amide bonds. The Hall–Kier alpha value is -2.37. The summed E-state index contributed by atoms with van der Waals surface area (Å²) >= 11 is 0. The quantitative estimate of drug-likeness (QED) is 0.684. The Morgan fingerprint density at radius 1 is 1.07 bits per heavy atom. The van der Waals surface area contributed by atoms with Gasteiger partial charge >= 0.3 is 0 Å². The van der Waals surface area contributed by atoms with Crippen molar-refractivity contribution >= 4 is 17.0 Å². The van der Waals surface area contributed by atoms with Crippen LogP contribution >= 0.6 is 0 Å². The zero-order chi connectivity index (χ0) is 21.5. The van der Waals surface area contributed by atoms with E-state index >= 15 is 0 Å². The van der Waals surface area contributed by atoms with Gasteiger partial charge in [0.25, 0.3) is 0 Å². The van der Waals surface area contributed by atoms with Gasteiger partial charge in [-0.1, -0.05) is 45.0 Å². The molecule has 0 spiro atoms. The smallest absolute Gasteiger partial charge is 0.215 e. The van der Waals surface area contributed by atoms with Crippen molar-refractivity contribution in [1.29, 1.82) is 0 Å². The minimum absolute atomic E-state index is 0.142. The van der Waals surface area contributed by atoms with Crippen LogP contribution in [0.3, 0.4) is 0 Å². The lowest BCUT2D eigenvalue weighted by atomic mass is 9.83. The topological polar surface area (TPSA) is 45.7 Å². The molecule has 1 atom stereocenters. The zero-order valence-electron chi connectivity index (χ0n) is 19.0. The molecular formula is C25H35N4O+. The summed E-state index contributed by atoms with van der Waals surface area (Å²) in [6, 6.07) is 13.1. The van der Waals surface area contributed by atoms with E-state index in [1.54, 1.807) is 0 Å². The van der Waals surface area contributed by atoms with Crippen LogP contribution in [0.2, 0.25) is 0 Å². The van der Waals surface area contributed by atoms with E-state index in [9.17, 15) is 5.11 Å². The van der Waals surface area contributed by atoms with Crippen LogP contribution in [0, 0.1) is 13.8 Å². The van der Waals surface area contributed by atoms with Crippen molar-refractivity contribution < 1.29 is 10.0 Å². The van der Waals surface area contributed by atoms with Crippen molar-refractivity contribution in [1.82, 2.24) is 9.55 Å². The van der Waals surface area contributed by atoms with E-state index in [-0.39, 0.29) is 12.0 Å². The van der Waals surface area contributed by atoms with Crippen molar-refractivity contribution in [2.45, 2.75) is 53.1 Å². The number of aromatic nitrogens is 2. The monoisotopic (exact) mass is 407 g/mol. The number of aryl methyl sites for hydroxylation is 2. The van der Waals surface area contributed by atoms with Crippen molar-refractivity contribution in [2.24, 2.45) is 0 Å². The summed E-state index contributed by atoms with van der Waals surface area (Å²) < 4.78 is 2.31. The molecule has 2 heterocycles. The summed E-state index contributed by atoms with van der Waals surface area (Å²) in [5, 5.41) is 9.59. The van der Waals surface area contributed by atoms with Crippen LogP contribution in [-0.4, -0.2) is 41.0 Å². The van der Waals surface area contributed by atoms with Crippen molar-refractivity contribution in [3.8, 4) is 0 Å². The minimum Gasteiger partial charge on any atom is -0.395 e. The van der Waals surface area contributed by atoms with E-state index in [0.29, 0.717) is 6.54 Å². The highest BCUT2D eigenvalue weighted by Crippen LogP contribution is 2.27. The largest absolute Gasteiger partial charge is 0.395 e. The van der Waals surface area contributed by atoms with Crippen LogP contribution < -0.4 is 9.80 Å². The minimum atomic E-state index is 0.142. The number of β-amino-alcohol motifs (C(OH)–C–C–N with tert-alkyl or cyclic N) is 1. The lowest BCUT2D eigenvalue weighted by Crippen LogP contribution is -3.14. The number of benzene rings is 2. The fraction of sp³-hybridized carbons (Fsp3) is 0.480. The van der Waals surface area contributed by atoms with E-state index in [0.717, 1.165) is 37.8 Å². The zero-order valence-corrected chi connectivity index (χ0v) is 19.0. The molecule has 5 nitrogen and oxygen atoms in total. The summed E-state index contributed by atoms with van der Waals surface area (Å²) in [7, 11) is 0. The van der Waals surface area contributed by atoms with Gasteiger partial charge in [-0.05, 0) is 53.6 Å². The van der Waals surface area contributed by atoms with Crippen LogP contribution in [0.5, 0.6) is 0 Å². The van der Waals surface area contributed by atoms with Crippen molar-refractivity contribution in [2.75, 3.05) is 31.3 Å². The van der Waals surface area contributed by atoms with Gasteiger partial charge in [-0.2, -0.15) is 0 Å². The summed E-state index contributed by atoms with van der Waals surface area (Å²) in [4.78, 5) is 8.55. The average Bonchev–Trinajstić information content (AvgIpc) is 3.06. The van der Waals surface area contributed by atoms with Gasteiger partial charge in [-0.25, -0.2) is 4.98 Å². The predicted octanol–water partition coefficient (Wildman–Crippen LogP) is 2.81. The molecule has 0 bridgehead atoms. The first-order valence-corrected chi connectivity index (χ1v) is 11.0. The number of imidazole rings is 1. The van der Waals surface area contributed by atoms with Gasteiger partial charge in [0.1, 0.15) is 0 Å². The first kappa shape index (κ1) is 20.9. The van der Waals surface area contributed by atoms with Gasteiger partial charge in [0.2, 0.25) is 5.95 Å². The molecule has 160 valence electrons. The Labute approximate surface area is 179 Å². The van der Waals surface area contributed by atoms with Gasteiger partial charge in [-0.3, -0.25) is 9.47 Å². The molecule has 0 saturated heterocycles. The normalized spacial score (nSPS) is 16.9. The van der Waals surface area contributed by atoms with Crippen LogP contribution in [0.25, 0.3) is 11.0 Å². The van der Waals surface area contributed by atoms with Gasteiger partial charge in [0.15, 0.2) is 13.3 Å². The molecule has 2 aromatic carbocycles. The first-order valence-electron chi connectivity index (χ1n) is 11.0. The molecule has 0 aliphatic carbocycles. The van der Waals surface area contributed by atoms with Crippen LogP contribution in [0.15, 0.2) is 36.4 Å². The van der Waals surface area contributed by atoms with E-state index in [2.05, 4.69) is 74.4 Å². The molecule has 30 heavy (non-hydrogen) atoms. The SMILES string of the molecule is Cc1cc(C(C)(C)C)cc(C)c1CC[NH+]1CN(CCO)c2nc3ccccc3n2C1. The summed E-state index contributed by atoms with van der Waals surface area (Å²) in [6.07, 6.45) is 1.06. The molecule has 0 radical (unpaired) electrons. The number of aliphatic hydroxyl groups excluding tert-OH is 1. The Balaban J connectivity index is 1.56. The number of aliphatic hydroxyl groups is 1. The van der Waals surface area contributed by atoms with Gasteiger partial charge < -0.3 is 10.0 Å². The Morgan fingerprint density at radius 3 is 2.43 bits per heavy atom. The maximum absolute atomic E-state index is 9.59. The molecule has 0 fully saturated rings. The number of para-hydroxylation sites is 2. The van der Waals surface area contributed by atoms with Gasteiger partial charge in [0.05, 0.1) is 24.2 Å². The lowest BCUT2D eigenvalue weighted by molar-refractivity contribution is -0.924. The third kappa shape index (κ3) is 3.96. The molecule has 3 aromatic rings. The summed E-state index contributed by atoms with van der Waals surface area (Å²) in [5.41, 5.74) is 8.07. The molecule has 5 heteroatoms. The molecule has 1 aromatic heterocycles. The van der Waals surface area contributed by atoms with Crippen molar-refractivity contribution in [3.05, 3.63) is 58.7 Å². The molecule has 0 saturated carbocycles. The fourth-order valence-electron chi connectivity index (χ4n) is 4.65. The first-order chi connectivity index (χ1) is 14.3. The van der Waals surface area contributed by atoms with Gasteiger partial charge in [-0.15, -0.1) is 0 Å². The highest BCUT2D eigenvalue weighted by molar-refractivity contribution is 5.78. The second kappa shape index (κ2) is 8.05. The van der Waals surface area contributed by atoms with Crippen LogP contribution in [-0.2, 0) is 18.5 Å². The third-order valence-corrected chi connectivity index (χ3v) is 6.37. The number of hydrogen-bond donors (Lipinski definition) is 2. The Bertz CT molecular complexity index is 1020. The molecule has 1 aliphatic heterocycles. The number of fused-ring (bicyclic) bond motifs is 3. The fourth-order valence-corrected chi connectivity index (χ4v) is 4.65. The predicted molar refractivity (Wildman–Crippen MR) is 123 cm³/mol. The third-order valence-electron chi connectivity index (χ3n) is 6.37. The van der Waals surface area contributed by atoms with Gasteiger partial charge in [0, 0.05) is 13.0 Å². The van der Waals surface area contributed by atoms with E-state index in [1.807, 2.05) is 6.07 Å². The Morgan fingerprint density at radius 2 is 1.77 bits per heavy atom. The molecule has 4 rings (SSSR count). The maximum atomic E-state index is 9.59. The lowest BCUT2D eigenvalue weighted by Gasteiger charge is -2.34. The molecule has 1 aliphatic rings. The molecule has 2 N–H and O–H groups in total. The Kier molecular flexibility index (Phi) is 5.60. The number of nitrogens with zero attached hydrogens (tertiary/aromatic N) is 3. The number of nitrogens with one attached hydrogen (secondary N) is 1. The standard InChI is InChI=1S/C25H34N4O/c1-18-14-20(25(3,4)5)15-19(2)21(18)10-11-27-16-28(12-13-30)24-26-22-8-6-7-9-23(22)29(24)17-27/h6-9,14-15,30H,10-13,16-17H2,1-5H3/p+1. The highest BCUT2D eigenvalue weighted by Gasteiger charge is 2.28. The molecule has 1 unspecified atom stereocenters. The number of hydrogen-bond acceptors (Lipinski definition) is 3. The van der Waals surface area contributed by atoms with Crippen LogP contribution in [0.4, 0.5) is 5.95 Å². The maximum Gasteiger partial charge on any atom is 0.215 e. The summed E-state index contributed by atoms with van der Waals surface area (Å²) in [5.74, 6) is 0.982. The highest BCUT2D eigenvalue weighted by atomic mass is 16.3. The van der Waals surface area contributed by atoms with Crippen LogP contribution in [0.1, 0.15) is 43.0 Å². The number of anilines is 1. The number of rotatable bonds is 5. The second-order valence-corrected chi connectivity index (χ2v) is 9.72. The van der Waals surface area contributed by atoms with E-state index in [4.69, 9.17) is 4.98 Å². The number of quaternary nitrogens is 1. The average molecular weight is 408 g/mol. The second-order valence-electron chi connectivity index (χ2n) is 9.72. The summed E-state index contributed by atoms with van der Waals surface area (Å²) in [6.45, 7) is 15.0.